The summed E-state index contributed by atoms with van der Waals surface area (Å²) in [7, 11) is 0. The number of aromatic nitrogens is 3. The molecular weight excluding hydrogens is 236 g/mol. The molecule has 0 fully saturated rings. The third kappa shape index (κ3) is 2.04. The van der Waals surface area contributed by atoms with E-state index in [0.717, 1.165) is 13.1 Å². The minimum Gasteiger partial charge on any atom is -0.341 e. The van der Waals surface area contributed by atoms with Crippen molar-refractivity contribution in [1.82, 2.24) is 14.1 Å². The van der Waals surface area contributed by atoms with E-state index in [1.54, 1.807) is 0 Å². The van der Waals surface area contributed by atoms with E-state index in [2.05, 4.69) is 51.5 Å². The Hall–Kier alpha value is -2.07. The van der Waals surface area contributed by atoms with Crippen LogP contribution in [0.15, 0.2) is 43.0 Å². The molecule has 1 aromatic carbocycles. The Morgan fingerprint density at radius 1 is 1.21 bits per heavy atom. The SMILES string of the molecule is CCn1cncc1Cn1cc(CN)c2ccccc21. The third-order valence-corrected chi connectivity index (χ3v) is 3.56. The fourth-order valence-electron chi connectivity index (χ4n) is 2.56. The topological polar surface area (TPSA) is 48.8 Å². The van der Waals surface area contributed by atoms with Gasteiger partial charge in [0.25, 0.3) is 0 Å². The second-order valence-electron chi connectivity index (χ2n) is 4.67. The van der Waals surface area contributed by atoms with Gasteiger partial charge in [0, 0.05) is 36.4 Å². The molecule has 0 unspecified atom stereocenters. The summed E-state index contributed by atoms with van der Waals surface area (Å²) >= 11 is 0. The quantitative estimate of drug-likeness (QED) is 0.777. The lowest BCUT2D eigenvalue weighted by molar-refractivity contribution is 0.678. The average molecular weight is 254 g/mol. The van der Waals surface area contributed by atoms with E-state index in [9.17, 15) is 0 Å². The summed E-state index contributed by atoms with van der Waals surface area (Å²) < 4.78 is 4.41. The number of hydrogen-bond donors (Lipinski definition) is 1. The Morgan fingerprint density at radius 2 is 2.05 bits per heavy atom. The Balaban J connectivity index is 2.06. The van der Waals surface area contributed by atoms with Gasteiger partial charge in [0.15, 0.2) is 0 Å². The Morgan fingerprint density at radius 3 is 2.84 bits per heavy atom. The van der Waals surface area contributed by atoms with Crippen LogP contribution in [0.5, 0.6) is 0 Å². The molecule has 2 aromatic heterocycles. The lowest BCUT2D eigenvalue weighted by Crippen LogP contribution is -2.05. The van der Waals surface area contributed by atoms with Gasteiger partial charge in [-0.25, -0.2) is 4.98 Å². The zero-order valence-corrected chi connectivity index (χ0v) is 11.1. The number of aryl methyl sites for hydroxylation is 1. The first-order valence-corrected chi connectivity index (χ1v) is 6.59. The van der Waals surface area contributed by atoms with E-state index < -0.39 is 0 Å². The van der Waals surface area contributed by atoms with Crippen molar-refractivity contribution in [3.8, 4) is 0 Å². The van der Waals surface area contributed by atoms with Crippen LogP contribution in [-0.4, -0.2) is 14.1 Å². The lowest BCUT2D eigenvalue weighted by atomic mass is 10.2. The predicted octanol–water partition coefficient (Wildman–Crippen LogP) is 2.36. The molecule has 2 heterocycles. The van der Waals surface area contributed by atoms with Gasteiger partial charge in [0.05, 0.1) is 18.6 Å². The maximum Gasteiger partial charge on any atom is 0.0948 e. The molecule has 0 aliphatic heterocycles. The molecule has 0 aliphatic rings. The Labute approximate surface area is 112 Å². The number of nitrogens with zero attached hydrogens (tertiary/aromatic N) is 3. The van der Waals surface area contributed by atoms with Crippen molar-refractivity contribution in [3.05, 3.63) is 54.2 Å². The van der Waals surface area contributed by atoms with E-state index in [4.69, 9.17) is 5.73 Å². The summed E-state index contributed by atoms with van der Waals surface area (Å²) in [4.78, 5) is 4.22. The molecule has 0 saturated carbocycles. The summed E-state index contributed by atoms with van der Waals surface area (Å²) in [6.45, 7) is 4.47. The van der Waals surface area contributed by atoms with E-state index in [1.165, 1.54) is 22.2 Å². The fraction of sp³-hybridized carbons (Fsp3) is 0.267. The highest BCUT2D eigenvalue weighted by molar-refractivity contribution is 5.84. The first kappa shape index (κ1) is 12.0. The molecule has 3 rings (SSSR count). The maximum atomic E-state index is 5.83. The number of fused-ring (bicyclic) bond motifs is 1. The molecule has 0 aliphatic carbocycles. The molecule has 19 heavy (non-hydrogen) atoms. The van der Waals surface area contributed by atoms with Gasteiger partial charge in [-0.15, -0.1) is 0 Å². The minimum absolute atomic E-state index is 0.570. The molecule has 0 atom stereocenters. The van der Waals surface area contributed by atoms with Crippen molar-refractivity contribution in [1.29, 1.82) is 0 Å². The van der Waals surface area contributed by atoms with E-state index >= 15 is 0 Å². The predicted molar refractivity (Wildman–Crippen MR) is 76.8 cm³/mol. The molecule has 0 bridgehead atoms. The summed E-state index contributed by atoms with van der Waals surface area (Å²) in [6.07, 6.45) is 5.96. The number of hydrogen-bond acceptors (Lipinski definition) is 2. The van der Waals surface area contributed by atoms with Crippen LogP contribution >= 0.6 is 0 Å². The van der Waals surface area contributed by atoms with E-state index in [1.807, 2.05) is 12.5 Å². The molecule has 4 heteroatoms. The second-order valence-corrected chi connectivity index (χ2v) is 4.67. The van der Waals surface area contributed by atoms with Gasteiger partial charge in [-0.05, 0) is 18.6 Å². The van der Waals surface area contributed by atoms with Gasteiger partial charge in [0.1, 0.15) is 0 Å². The normalized spacial score (nSPS) is 11.3. The molecule has 98 valence electrons. The van der Waals surface area contributed by atoms with Gasteiger partial charge in [-0.2, -0.15) is 0 Å². The van der Waals surface area contributed by atoms with Crippen LogP contribution in [0.3, 0.4) is 0 Å². The zero-order valence-electron chi connectivity index (χ0n) is 11.1. The maximum absolute atomic E-state index is 5.83. The van der Waals surface area contributed by atoms with Crippen LogP contribution in [0.2, 0.25) is 0 Å². The van der Waals surface area contributed by atoms with Crippen LogP contribution < -0.4 is 5.73 Å². The summed E-state index contributed by atoms with van der Waals surface area (Å²) in [5.41, 5.74) is 9.46. The molecule has 4 nitrogen and oxygen atoms in total. The highest BCUT2D eigenvalue weighted by Crippen LogP contribution is 2.21. The van der Waals surface area contributed by atoms with E-state index in [0.29, 0.717) is 6.54 Å². The van der Waals surface area contributed by atoms with Crippen LogP contribution in [0, 0.1) is 0 Å². The largest absolute Gasteiger partial charge is 0.341 e. The van der Waals surface area contributed by atoms with Crippen molar-refractivity contribution >= 4 is 10.9 Å². The van der Waals surface area contributed by atoms with Crippen LogP contribution in [0.4, 0.5) is 0 Å². The number of benzene rings is 1. The van der Waals surface area contributed by atoms with Gasteiger partial charge in [-0.3, -0.25) is 0 Å². The van der Waals surface area contributed by atoms with Crippen molar-refractivity contribution < 1.29 is 0 Å². The van der Waals surface area contributed by atoms with Gasteiger partial charge >= 0.3 is 0 Å². The van der Waals surface area contributed by atoms with Crippen LogP contribution in [0.1, 0.15) is 18.2 Å². The van der Waals surface area contributed by atoms with Crippen molar-refractivity contribution in [3.63, 3.8) is 0 Å². The number of nitrogens with two attached hydrogens (primary N) is 1. The van der Waals surface area contributed by atoms with Crippen LogP contribution in [0.25, 0.3) is 10.9 Å². The average Bonchev–Trinajstić information content (AvgIpc) is 3.04. The Bertz CT molecular complexity index is 693. The summed E-state index contributed by atoms with van der Waals surface area (Å²) in [6, 6.07) is 8.39. The van der Waals surface area contributed by atoms with Crippen LogP contribution in [-0.2, 0) is 19.6 Å². The lowest BCUT2D eigenvalue weighted by Gasteiger charge is -2.07. The zero-order chi connectivity index (χ0) is 13.2. The summed E-state index contributed by atoms with van der Waals surface area (Å²) in [5.74, 6) is 0. The van der Waals surface area contributed by atoms with Gasteiger partial charge < -0.3 is 14.9 Å². The smallest absolute Gasteiger partial charge is 0.0948 e. The van der Waals surface area contributed by atoms with Gasteiger partial charge in [-0.1, -0.05) is 18.2 Å². The molecule has 0 spiro atoms. The highest BCUT2D eigenvalue weighted by Gasteiger charge is 2.08. The fourth-order valence-corrected chi connectivity index (χ4v) is 2.56. The molecule has 3 aromatic rings. The summed E-state index contributed by atoms with van der Waals surface area (Å²) in [5, 5.41) is 1.24. The molecular formula is C15H18N4. The first-order valence-electron chi connectivity index (χ1n) is 6.59. The minimum atomic E-state index is 0.570. The number of imidazole rings is 1. The highest BCUT2D eigenvalue weighted by atomic mass is 15.1. The molecule has 2 N–H and O–H groups in total. The first-order chi connectivity index (χ1) is 9.33. The second kappa shape index (κ2) is 4.90. The van der Waals surface area contributed by atoms with Crippen molar-refractivity contribution in [2.75, 3.05) is 0 Å². The van der Waals surface area contributed by atoms with E-state index in [-0.39, 0.29) is 0 Å². The van der Waals surface area contributed by atoms with Crippen molar-refractivity contribution in [2.24, 2.45) is 5.73 Å². The number of rotatable bonds is 4. The molecule has 0 amide bonds. The Kier molecular flexibility index (Phi) is 3.09. The molecule has 0 radical (unpaired) electrons. The van der Waals surface area contributed by atoms with Gasteiger partial charge in [0.2, 0.25) is 0 Å². The third-order valence-electron chi connectivity index (χ3n) is 3.56. The monoisotopic (exact) mass is 254 g/mol. The molecule has 0 saturated heterocycles. The number of para-hydroxylation sites is 1. The van der Waals surface area contributed by atoms with Crippen molar-refractivity contribution in [2.45, 2.75) is 26.6 Å². The standard InChI is InChI=1S/C15H18N4/c1-2-18-11-17-8-13(18)10-19-9-12(7-16)14-5-3-4-6-15(14)19/h3-6,8-9,11H,2,7,10,16H2,1H3.